The Labute approximate surface area is 215 Å². The van der Waals surface area contributed by atoms with Gasteiger partial charge in [-0.15, -0.1) is 0 Å². The molecule has 1 aliphatic carbocycles. The number of hydrogen-bond acceptors (Lipinski definition) is 6. The minimum Gasteiger partial charge on any atom is -0.482 e. The van der Waals surface area contributed by atoms with E-state index in [1.165, 1.54) is 4.90 Å². The van der Waals surface area contributed by atoms with Gasteiger partial charge in [-0.2, -0.15) is 0 Å². The molecule has 0 fully saturated rings. The van der Waals surface area contributed by atoms with E-state index in [0.29, 0.717) is 41.6 Å². The highest BCUT2D eigenvalue weighted by molar-refractivity contribution is 6.31. The van der Waals surface area contributed by atoms with Gasteiger partial charge in [0, 0.05) is 11.4 Å². The smallest absolute Gasteiger partial charge is 0.419 e. The summed E-state index contributed by atoms with van der Waals surface area (Å²) in [5.41, 5.74) is 1.76. The number of aliphatic hydroxyl groups is 1. The van der Waals surface area contributed by atoms with Crippen molar-refractivity contribution in [3.63, 3.8) is 0 Å². The quantitative estimate of drug-likeness (QED) is 0.405. The summed E-state index contributed by atoms with van der Waals surface area (Å²) in [6.07, 6.45) is 0.554. The molecule has 3 aromatic carbocycles. The van der Waals surface area contributed by atoms with Crippen LogP contribution < -0.4 is 9.64 Å². The Kier molecular flexibility index (Phi) is 8.13. The second-order valence-corrected chi connectivity index (χ2v) is 9.03. The second kappa shape index (κ2) is 11.5. The van der Waals surface area contributed by atoms with Crippen LogP contribution in [0.4, 0.5) is 16.2 Å². The number of rotatable bonds is 8. The number of anilines is 2. The highest BCUT2D eigenvalue weighted by Crippen LogP contribution is 2.35. The van der Waals surface area contributed by atoms with Crippen LogP contribution in [0.2, 0.25) is 5.02 Å². The summed E-state index contributed by atoms with van der Waals surface area (Å²) in [5, 5.41) is 11.8. The number of nitrogens with zero attached hydrogens (tertiary/aromatic N) is 1. The lowest BCUT2D eigenvalue weighted by Gasteiger charge is -2.34. The number of amides is 1. The molecular weight excluding hydrogens is 482 g/mol. The van der Waals surface area contributed by atoms with Crippen LogP contribution in [-0.4, -0.2) is 42.6 Å². The SMILES string of the molecule is CCOC(=O)COc1cccc2c1CCC(O)(COC(=O)N(c1ccccc1)c1cccc(Cl)c1)C2. The van der Waals surface area contributed by atoms with Crippen molar-refractivity contribution in [2.45, 2.75) is 31.8 Å². The summed E-state index contributed by atoms with van der Waals surface area (Å²) >= 11 is 6.16. The van der Waals surface area contributed by atoms with E-state index < -0.39 is 17.7 Å². The van der Waals surface area contributed by atoms with Crippen molar-refractivity contribution in [3.8, 4) is 5.75 Å². The molecule has 4 rings (SSSR count). The van der Waals surface area contributed by atoms with Crippen LogP contribution in [0.25, 0.3) is 0 Å². The number of esters is 1. The number of carbonyl (C=O) groups excluding carboxylic acids is 2. The summed E-state index contributed by atoms with van der Waals surface area (Å²) < 4.78 is 16.2. The molecule has 188 valence electrons. The Morgan fingerprint density at radius 3 is 2.50 bits per heavy atom. The molecule has 0 aliphatic heterocycles. The molecule has 3 aromatic rings. The lowest BCUT2D eigenvalue weighted by Crippen LogP contribution is -2.42. The predicted molar refractivity (Wildman–Crippen MR) is 137 cm³/mol. The summed E-state index contributed by atoms with van der Waals surface area (Å²) in [4.78, 5) is 26.3. The Balaban J connectivity index is 1.46. The van der Waals surface area contributed by atoms with Crippen molar-refractivity contribution in [1.82, 2.24) is 0 Å². The van der Waals surface area contributed by atoms with Crippen molar-refractivity contribution in [1.29, 1.82) is 0 Å². The zero-order valence-corrected chi connectivity index (χ0v) is 20.7. The van der Waals surface area contributed by atoms with Gasteiger partial charge >= 0.3 is 12.1 Å². The molecule has 1 N–H and O–H groups in total. The molecule has 1 aliphatic rings. The minimum absolute atomic E-state index is 0.176. The van der Waals surface area contributed by atoms with E-state index in [-0.39, 0.29) is 19.6 Å². The molecule has 1 amide bonds. The minimum atomic E-state index is -1.24. The first-order valence-corrected chi connectivity index (χ1v) is 12.2. The van der Waals surface area contributed by atoms with Crippen LogP contribution in [-0.2, 0) is 27.1 Å². The van der Waals surface area contributed by atoms with Gasteiger partial charge in [0.2, 0.25) is 0 Å². The molecule has 1 unspecified atom stereocenters. The number of benzene rings is 3. The first-order valence-electron chi connectivity index (χ1n) is 11.8. The molecule has 1 atom stereocenters. The molecular formula is C28H28ClNO6. The average molecular weight is 510 g/mol. The maximum Gasteiger partial charge on any atom is 0.419 e. The maximum absolute atomic E-state index is 13.2. The van der Waals surface area contributed by atoms with Crippen LogP contribution in [0.5, 0.6) is 5.75 Å². The number of fused-ring (bicyclic) bond motifs is 1. The zero-order valence-electron chi connectivity index (χ0n) is 20.0. The highest BCUT2D eigenvalue weighted by Gasteiger charge is 2.35. The normalized spacial score (nSPS) is 16.5. The van der Waals surface area contributed by atoms with Gasteiger partial charge in [0.1, 0.15) is 18.0 Å². The monoisotopic (exact) mass is 509 g/mol. The Hall–Kier alpha value is -3.55. The maximum atomic E-state index is 13.2. The Morgan fingerprint density at radius 2 is 1.75 bits per heavy atom. The lowest BCUT2D eigenvalue weighted by atomic mass is 9.80. The van der Waals surface area contributed by atoms with Crippen LogP contribution in [0, 0.1) is 0 Å². The fourth-order valence-electron chi connectivity index (χ4n) is 4.27. The first-order chi connectivity index (χ1) is 17.4. The fraction of sp³-hybridized carbons (Fsp3) is 0.286. The van der Waals surface area contributed by atoms with Crippen molar-refractivity contribution in [2.24, 2.45) is 0 Å². The van der Waals surface area contributed by atoms with Crippen molar-refractivity contribution in [2.75, 3.05) is 24.7 Å². The molecule has 0 heterocycles. The zero-order chi connectivity index (χ0) is 25.5. The largest absolute Gasteiger partial charge is 0.482 e. The number of hydrogen-bond donors (Lipinski definition) is 1. The van der Waals surface area contributed by atoms with Gasteiger partial charge in [0.05, 0.1) is 18.0 Å². The van der Waals surface area contributed by atoms with Gasteiger partial charge in [-0.05, 0) is 67.3 Å². The fourth-order valence-corrected chi connectivity index (χ4v) is 4.46. The average Bonchev–Trinajstić information content (AvgIpc) is 2.87. The third kappa shape index (κ3) is 6.17. The van der Waals surface area contributed by atoms with Gasteiger partial charge in [-0.1, -0.05) is 48.0 Å². The Bertz CT molecular complexity index is 1220. The van der Waals surface area contributed by atoms with E-state index in [1.54, 1.807) is 49.4 Å². The van der Waals surface area contributed by atoms with E-state index in [4.69, 9.17) is 25.8 Å². The number of para-hydroxylation sites is 1. The molecule has 0 radical (unpaired) electrons. The van der Waals surface area contributed by atoms with E-state index in [0.717, 1.165) is 11.1 Å². The van der Waals surface area contributed by atoms with E-state index in [1.807, 2.05) is 30.3 Å². The van der Waals surface area contributed by atoms with Gasteiger partial charge in [-0.25, -0.2) is 14.5 Å². The Morgan fingerprint density at radius 1 is 1.00 bits per heavy atom. The molecule has 0 spiro atoms. The van der Waals surface area contributed by atoms with Crippen LogP contribution in [0.3, 0.4) is 0 Å². The van der Waals surface area contributed by atoms with Crippen molar-refractivity contribution in [3.05, 3.63) is 88.9 Å². The van der Waals surface area contributed by atoms with Crippen molar-refractivity contribution < 1.29 is 28.9 Å². The predicted octanol–water partition coefficient (Wildman–Crippen LogP) is 5.48. The third-order valence-electron chi connectivity index (χ3n) is 5.97. The van der Waals surface area contributed by atoms with Gasteiger partial charge in [0.15, 0.2) is 6.61 Å². The van der Waals surface area contributed by atoms with Gasteiger partial charge in [0.25, 0.3) is 0 Å². The number of halogens is 1. The van der Waals surface area contributed by atoms with Gasteiger partial charge < -0.3 is 19.3 Å². The summed E-state index contributed by atoms with van der Waals surface area (Å²) in [6, 6.07) is 21.6. The van der Waals surface area contributed by atoms with E-state index in [9.17, 15) is 14.7 Å². The standard InChI is InChI=1S/C28H28ClNO6/c1-2-34-26(31)18-35-25-13-6-8-20-17-28(33,15-14-24(20)25)19-36-27(32)30(22-10-4-3-5-11-22)23-12-7-9-21(29)16-23/h3-13,16,33H,2,14-15,17-19H2,1H3. The molecule has 36 heavy (non-hydrogen) atoms. The van der Waals surface area contributed by atoms with E-state index >= 15 is 0 Å². The van der Waals surface area contributed by atoms with Crippen molar-refractivity contribution >= 4 is 35.0 Å². The molecule has 0 bridgehead atoms. The molecule has 0 saturated heterocycles. The summed E-state index contributed by atoms with van der Waals surface area (Å²) in [7, 11) is 0. The van der Waals surface area contributed by atoms with Crippen LogP contribution >= 0.6 is 11.6 Å². The van der Waals surface area contributed by atoms with E-state index in [2.05, 4.69) is 0 Å². The molecule has 8 heteroatoms. The third-order valence-corrected chi connectivity index (χ3v) is 6.20. The highest BCUT2D eigenvalue weighted by atomic mass is 35.5. The summed E-state index contributed by atoms with van der Waals surface area (Å²) in [6.45, 7) is 1.68. The second-order valence-electron chi connectivity index (χ2n) is 8.59. The topological polar surface area (TPSA) is 85.3 Å². The lowest BCUT2D eigenvalue weighted by molar-refractivity contribution is -0.145. The van der Waals surface area contributed by atoms with Crippen LogP contribution in [0.1, 0.15) is 24.5 Å². The molecule has 7 nitrogen and oxygen atoms in total. The number of ether oxygens (including phenoxy) is 3. The van der Waals surface area contributed by atoms with Gasteiger partial charge in [-0.3, -0.25) is 0 Å². The summed E-state index contributed by atoms with van der Waals surface area (Å²) in [5.74, 6) is 0.160. The molecule has 0 saturated carbocycles. The van der Waals surface area contributed by atoms with Crippen LogP contribution in [0.15, 0.2) is 72.8 Å². The molecule has 0 aromatic heterocycles. The number of carbonyl (C=O) groups is 2. The first kappa shape index (κ1) is 25.5.